The van der Waals surface area contributed by atoms with Crippen LogP contribution in [0.25, 0.3) is 11.1 Å². The number of imidazole rings is 1. The second kappa shape index (κ2) is 10.9. The van der Waals surface area contributed by atoms with Gasteiger partial charge in [-0.25, -0.2) is 4.39 Å². The van der Waals surface area contributed by atoms with Gasteiger partial charge in [0.1, 0.15) is 29.2 Å². The molecule has 1 aliphatic rings. The molecule has 1 unspecified atom stereocenters. The molecule has 208 valence electrons. The van der Waals surface area contributed by atoms with E-state index < -0.39 is 0 Å². The van der Waals surface area contributed by atoms with Gasteiger partial charge in [0.05, 0.1) is 32.9 Å². The van der Waals surface area contributed by atoms with Crippen LogP contribution in [0.15, 0.2) is 60.9 Å². The Morgan fingerprint density at radius 3 is 2.25 bits per heavy atom. The fourth-order valence-corrected chi connectivity index (χ4v) is 5.16. The highest BCUT2D eigenvalue weighted by Gasteiger charge is 2.30. The maximum Gasteiger partial charge on any atom is 0.258 e. The van der Waals surface area contributed by atoms with E-state index >= 15 is 0 Å². The molecule has 3 aromatic carbocycles. The van der Waals surface area contributed by atoms with E-state index in [0.29, 0.717) is 48.1 Å². The molecule has 1 atom stereocenters. The minimum Gasteiger partial charge on any atom is -0.497 e. The molecule has 0 radical (unpaired) electrons. The summed E-state index contributed by atoms with van der Waals surface area (Å²) in [4.78, 5) is 15.9. The van der Waals surface area contributed by atoms with Crippen LogP contribution in [-0.2, 0) is 20.1 Å². The van der Waals surface area contributed by atoms with Crippen molar-refractivity contribution in [2.45, 2.75) is 33.0 Å². The molecular weight excluding hydrogens is 511 g/mol. The molecule has 0 saturated heterocycles. The number of amides is 1. The van der Waals surface area contributed by atoms with Crippen molar-refractivity contribution >= 4 is 5.91 Å². The lowest BCUT2D eigenvalue weighted by atomic mass is 9.94. The standard InChI is InChI=1S/C31H33FN4O4/c1-19-10-23(32)6-7-26(19)27-13-22(17-35-9-8-34(3)31(35)33)14-28-29(27)40-20(2)16-36(30(28)37)18-21-11-24(38-4)15-25(12-21)39-5/h6-15,20,33H,16-18H2,1-5H3. The quantitative estimate of drug-likeness (QED) is 0.359. The fourth-order valence-electron chi connectivity index (χ4n) is 5.16. The van der Waals surface area contributed by atoms with Crippen LogP contribution in [0.2, 0.25) is 0 Å². The average molecular weight is 545 g/mol. The number of methoxy groups -OCH3 is 2. The Kier molecular flexibility index (Phi) is 7.38. The smallest absolute Gasteiger partial charge is 0.258 e. The summed E-state index contributed by atoms with van der Waals surface area (Å²) in [5, 5.41) is 8.38. The normalized spacial score (nSPS) is 14.9. The SMILES string of the molecule is COc1cc(CN2CC(C)Oc3c(cc(Cn4ccn(C)c4=N)cc3-c3ccc(F)cc3C)C2=O)cc(OC)c1. The van der Waals surface area contributed by atoms with Crippen molar-refractivity contribution < 1.29 is 23.4 Å². The molecule has 5 rings (SSSR count). The van der Waals surface area contributed by atoms with Crippen molar-refractivity contribution in [2.75, 3.05) is 20.8 Å². The van der Waals surface area contributed by atoms with Crippen LogP contribution in [-0.4, -0.2) is 46.8 Å². The zero-order chi connectivity index (χ0) is 28.6. The summed E-state index contributed by atoms with van der Waals surface area (Å²) < 4.78 is 34.8. The number of carbonyl (C=O) groups excluding carboxylic acids is 1. The topological polar surface area (TPSA) is 81.7 Å². The molecule has 40 heavy (non-hydrogen) atoms. The molecule has 0 bridgehead atoms. The minimum absolute atomic E-state index is 0.173. The van der Waals surface area contributed by atoms with Gasteiger partial charge in [-0.05, 0) is 72.5 Å². The molecule has 0 saturated carbocycles. The third kappa shape index (κ3) is 5.32. The van der Waals surface area contributed by atoms with Crippen molar-refractivity contribution in [3.05, 3.63) is 94.6 Å². The second-order valence-corrected chi connectivity index (χ2v) is 10.2. The predicted octanol–water partition coefficient (Wildman–Crippen LogP) is 4.91. The molecular formula is C31H33FN4O4. The number of benzene rings is 3. The number of nitrogens with one attached hydrogen (secondary N) is 1. The highest BCUT2D eigenvalue weighted by Crippen LogP contribution is 2.40. The van der Waals surface area contributed by atoms with Crippen LogP contribution in [0.1, 0.15) is 34.0 Å². The van der Waals surface area contributed by atoms with Gasteiger partial charge in [-0.3, -0.25) is 10.2 Å². The Morgan fingerprint density at radius 2 is 1.62 bits per heavy atom. The number of rotatable bonds is 7. The maximum atomic E-state index is 14.2. The summed E-state index contributed by atoms with van der Waals surface area (Å²) in [6.45, 7) is 4.86. The van der Waals surface area contributed by atoms with E-state index in [2.05, 4.69) is 0 Å². The van der Waals surface area contributed by atoms with E-state index in [1.165, 1.54) is 12.1 Å². The molecule has 1 N–H and O–H groups in total. The molecule has 1 amide bonds. The van der Waals surface area contributed by atoms with Crippen molar-refractivity contribution in [3.63, 3.8) is 0 Å². The lowest BCUT2D eigenvalue weighted by molar-refractivity contribution is 0.0706. The number of hydrogen-bond acceptors (Lipinski definition) is 5. The molecule has 1 aliphatic heterocycles. The minimum atomic E-state index is -0.326. The molecule has 1 aromatic heterocycles. The van der Waals surface area contributed by atoms with Crippen molar-refractivity contribution in [3.8, 4) is 28.4 Å². The first kappa shape index (κ1) is 27.1. The van der Waals surface area contributed by atoms with Gasteiger partial charge in [0.15, 0.2) is 0 Å². The van der Waals surface area contributed by atoms with Crippen molar-refractivity contribution in [1.82, 2.24) is 14.0 Å². The summed E-state index contributed by atoms with van der Waals surface area (Å²) in [5.41, 5.74) is 4.70. The first-order valence-corrected chi connectivity index (χ1v) is 13.0. The average Bonchev–Trinajstić information content (AvgIpc) is 3.18. The van der Waals surface area contributed by atoms with Crippen LogP contribution in [0, 0.1) is 18.2 Å². The van der Waals surface area contributed by atoms with E-state index in [-0.39, 0.29) is 17.8 Å². The van der Waals surface area contributed by atoms with Gasteiger partial charge >= 0.3 is 0 Å². The molecule has 0 spiro atoms. The first-order chi connectivity index (χ1) is 19.2. The number of aryl methyl sites for hydroxylation is 2. The monoisotopic (exact) mass is 544 g/mol. The van der Waals surface area contributed by atoms with E-state index in [1.54, 1.807) is 40.4 Å². The fraction of sp³-hybridized carbons (Fsp3) is 0.290. The number of fused-ring (bicyclic) bond motifs is 1. The van der Waals surface area contributed by atoms with Gasteiger partial charge in [-0.2, -0.15) is 0 Å². The van der Waals surface area contributed by atoms with Crippen LogP contribution >= 0.6 is 0 Å². The van der Waals surface area contributed by atoms with Gasteiger partial charge in [0.25, 0.3) is 5.91 Å². The van der Waals surface area contributed by atoms with Crippen LogP contribution in [0.4, 0.5) is 4.39 Å². The first-order valence-electron chi connectivity index (χ1n) is 13.0. The Balaban J connectivity index is 1.63. The van der Waals surface area contributed by atoms with E-state index in [4.69, 9.17) is 19.6 Å². The van der Waals surface area contributed by atoms with Gasteiger partial charge in [-0.1, -0.05) is 6.07 Å². The third-order valence-corrected chi connectivity index (χ3v) is 7.16. The van der Waals surface area contributed by atoms with Crippen molar-refractivity contribution in [1.29, 1.82) is 5.41 Å². The predicted molar refractivity (Wildman–Crippen MR) is 149 cm³/mol. The molecule has 9 heteroatoms. The number of carbonyl (C=O) groups is 1. The van der Waals surface area contributed by atoms with E-state index in [0.717, 1.165) is 27.8 Å². The zero-order valence-corrected chi connectivity index (χ0v) is 23.3. The number of ether oxygens (including phenoxy) is 3. The lowest BCUT2D eigenvalue weighted by Gasteiger charge is -2.23. The van der Waals surface area contributed by atoms with Gasteiger partial charge in [0, 0.05) is 37.6 Å². The highest BCUT2D eigenvalue weighted by atomic mass is 19.1. The van der Waals surface area contributed by atoms with Crippen LogP contribution < -0.4 is 19.8 Å². The molecule has 2 heterocycles. The maximum absolute atomic E-state index is 14.2. The Hall–Kier alpha value is -4.53. The largest absolute Gasteiger partial charge is 0.497 e. The zero-order valence-electron chi connectivity index (χ0n) is 23.3. The summed E-state index contributed by atoms with van der Waals surface area (Å²) in [6, 6.07) is 14.0. The van der Waals surface area contributed by atoms with Crippen LogP contribution in [0.5, 0.6) is 17.2 Å². The Bertz CT molecular complexity index is 1620. The Morgan fingerprint density at radius 1 is 0.950 bits per heavy atom. The Labute approximate surface area is 232 Å². The number of aromatic nitrogens is 2. The summed E-state index contributed by atoms with van der Waals surface area (Å²) in [7, 11) is 5.00. The second-order valence-electron chi connectivity index (χ2n) is 10.2. The van der Waals surface area contributed by atoms with E-state index in [9.17, 15) is 9.18 Å². The highest BCUT2D eigenvalue weighted by molar-refractivity contribution is 6.00. The van der Waals surface area contributed by atoms with Gasteiger partial charge in [0.2, 0.25) is 5.62 Å². The third-order valence-electron chi connectivity index (χ3n) is 7.16. The molecule has 0 aliphatic carbocycles. The molecule has 4 aromatic rings. The molecule has 0 fully saturated rings. The number of hydrogen-bond donors (Lipinski definition) is 1. The van der Waals surface area contributed by atoms with Crippen LogP contribution in [0.3, 0.4) is 0 Å². The lowest BCUT2D eigenvalue weighted by Crippen LogP contribution is -2.35. The summed E-state index contributed by atoms with van der Waals surface area (Å²) in [5.74, 6) is 1.26. The van der Waals surface area contributed by atoms with E-state index in [1.807, 2.05) is 57.6 Å². The molecule has 8 nitrogen and oxygen atoms in total. The summed E-state index contributed by atoms with van der Waals surface area (Å²) >= 11 is 0. The van der Waals surface area contributed by atoms with Gasteiger partial charge in [-0.15, -0.1) is 0 Å². The number of halogens is 1. The summed E-state index contributed by atoms with van der Waals surface area (Å²) in [6.07, 6.45) is 3.35. The number of nitrogens with zero attached hydrogens (tertiary/aromatic N) is 3. The van der Waals surface area contributed by atoms with Crippen molar-refractivity contribution in [2.24, 2.45) is 7.05 Å². The van der Waals surface area contributed by atoms with Gasteiger partial charge < -0.3 is 28.2 Å².